The Bertz CT molecular complexity index is 1690. The molecule has 5 rings (SSSR count). The van der Waals surface area contributed by atoms with Crippen LogP contribution < -0.4 is 15.0 Å². The Labute approximate surface area is 277 Å². The number of ether oxygens (including phenoxy) is 1. The number of amidine groups is 1. The maximum absolute atomic E-state index is 13.0. The van der Waals surface area contributed by atoms with Crippen molar-refractivity contribution >= 4 is 28.6 Å². The molecular formula is C35H39F3N6O2S. The normalized spacial score (nSPS) is 16.7. The number of hydrogen-bond acceptors (Lipinski definition) is 5. The number of aryl methyl sites for hydroxylation is 2. The van der Waals surface area contributed by atoms with Crippen molar-refractivity contribution in [3.63, 3.8) is 0 Å². The lowest BCUT2D eigenvalue weighted by atomic mass is 10.00. The molecule has 4 aromatic rings. The number of amides is 2. The van der Waals surface area contributed by atoms with Crippen molar-refractivity contribution in [1.29, 1.82) is 0 Å². The number of carbonyl (C=O) groups is 1. The van der Waals surface area contributed by atoms with Crippen LogP contribution in [0.3, 0.4) is 0 Å². The third-order valence-electron chi connectivity index (χ3n) is 7.86. The first-order valence-electron chi connectivity index (χ1n) is 15.7. The van der Waals surface area contributed by atoms with E-state index in [2.05, 4.69) is 75.9 Å². The molecule has 2 atom stereocenters. The van der Waals surface area contributed by atoms with Crippen molar-refractivity contribution < 1.29 is 22.7 Å². The highest BCUT2D eigenvalue weighted by Gasteiger charge is 2.31. The maximum Gasteiger partial charge on any atom is 0.573 e. The van der Waals surface area contributed by atoms with Crippen molar-refractivity contribution in [3.8, 4) is 22.8 Å². The van der Waals surface area contributed by atoms with Gasteiger partial charge in [0.25, 0.3) is 0 Å². The van der Waals surface area contributed by atoms with Crippen LogP contribution in [0, 0.1) is 12.8 Å². The van der Waals surface area contributed by atoms with Gasteiger partial charge in [-0.2, -0.15) is 4.99 Å². The van der Waals surface area contributed by atoms with Crippen LogP contribution in [0.25, 0.3) is 17.1 Å². The number of aromatic nitrogens is 3. The summed E-state index contributed by atoms with van der Waals surface area (Å²) in [6.45, 7) is 9.04. The second-order valence-electron chi connectivity index (χ2n) is 11.9. The van der Waals surface area contributed by atoms with E-state index >= 15 is 0 Å². The van der Waals surface area contributed by atoms with E-state index in [4.69, 9.17) is 0 Å². The smallest absolute Gasteiger partial charge is 0.406 e. The van der Waals surface area contributed by atoms with E-state index in [9.17, 15) is 18.0 Å². The fourth-order valence-electron chi connectivity index (χ4n) is 5.49. The number of hydrogen-bond donors (Lipinski definition) is 1. The SMILES string of the molecule is CCCc1ccc(C)cc1N1C(=NC(=O)NCC(C)Cc2ccc(-c3ncn(-c4ccc(OC(F)(F)F)cc4)n3)cc2)SCCC1C. The van der Waals surface area contributed by atoms with Gasteiger partial charge in [0.05, 0.1) is 5.69 Å². The van der Waals surface area contributed by atoms with E-state index in [1.54, 1.807) is 11.8 Å². The molecule has 8 nitrogen and oxygen atoms in total. The number of halogens is 3. The maximum atomic E-state index is 13.0. The number of thioether (sulfide) groups is 1. The molecule has 0 spiro atoms. The van der Waals surface area contributed by atoms with Crippen LogP contribution in [0.2, 0.25) is 0 Å². The summed E-state index contributed by atoms with van der Waals surface area (Å²) in [6.07, 6.45) is 0.565. The Kier molecular flexibility index (Phi) is 10.9. The Morgan fingerprint density at radius 1 is 1.13 bits per heavy atom. The number of urea groups is 1. The fourth-order valence-corrected chi connectivity index (χ4v) is 6.69. The van der Waals surface area contributed by atoms with Crippen LogP contribution in [-0.4, -0.2) is 50.7 Å². The van der Waals surface area contributed by atoms with Crippen LogP contribution in [0.1, 0.15) is 50.3 Å². The van der Waals surface area contributed by atoms with E-state index in [1.807, 2.05) is 24.3 Å². The van der Waals surface area contributed by atoms with E-state index in [0.29, 0.717) is 18.1 Å². The van der Waals surface area contributed by atoms with Gasteiger partial charge in [0, 0.05) is 29.6 Å². The molecular weight excluding hydrogens is 625 g/mol. The fraction of sp³-hybridized carbons (Fsp3) is 0.371. The van der Waals surface area contributed by atoms with Gasteiger partial charge in [0.1, 0.15) is 12.1 Å². The third kappa shape index (κ3) is 9.15. The molecule has 3 aromatic carbocycles. The molecule has 0 aliphatic carbocycles. The van der Waals surface area contributed by atoms with Gasteiger partial charge >= 0.3 is 12.4 Å². The molecule has 1 N–H and O–H groups in total. The average Bonchev–Trinajstić information content (AvgIpc) is 3.52. The second-order valence-corrected chi connectivity index (χ2v) is 12.9. The lowest BCUT2D eigenvalue weighted by Gasteiger charge is -2.37. The van der Waals surface area contributed by atoms with Gasteiger partial charge in [-0.25, -0.2) is 14.5 Å². The van der Waals surface area contributed by atoms with Gasteiger partial charge < -0.3 is 15.0 Å². The minimum absolute atomic E-state index is 0.175. The summed E-state index contributed by atoms with van der Waals surface area (Å²) < 4.78 is 42.7. The van der Waals surface area contributed by atoms with Crippen LogP contribution >= 0.6 is 11.8 Å². The van der Waals surface area contributed by atoms with Crippen molar-refractivity contribution in [2.24, 2.45) is 10.9 Å². The molecule has 2 heterocycles. The van der Waals surface area contributed by atoms with E-state index in [-0.39, 0.29) is 23.7 Å². The van der Waals surface area contributed by atoms with Gasteiger partial charge in [-0.15, -0.1) is 18.3 Å². The molecule has 248 valence electrons. The number of nitrogens with one attached hydrogen (secondary N) is 1. The highest BCUT2D eigenvalue weighted by molar-refractivity contribution is 8.14. The molecule has 47 heavy (non-hydrogen) atoms. The first-order valence-corrected chi connectivity index (χ1v) is 16.7. The number of anilines is 1. The molecule has 12 heteroatoms. The van der Waals surface area contributed by atoms with Crippen molar-refractivity contribution in [2.45, 2.75) is 65.8 Å². The van der Waals surface area contributed by atoms with Crippen molar-refractivity contribution in [3.05, 3.63) is 89.7 Å². The number of carbonyl (C=O) groups excluding carboxylic acids is 1. The Balaban J connectivity index is 1.17. The van der Waals surface area contributed by atoms with Crippen LogP contribution in [0.4, 0.5) is 23.7 Å². The monoisotopic (exact) mass is 664 g/mol. The topological polar surface area (TPSA) is 84.6 Å². The number of nitrogens with zero attached hydrogens (tertiary/aromatic N) is 5. The van der Waals surface area contributed by atoms with Gasteiger partial charge in [0.15, 0.2) is 11.0 Å². The minimum Gasteiger partial charge on any atom is -0.406 e. The van der Waals surface area contributed by atoms with Gasteiger partial charge in [-0.1, -0.05) is 68.4 Å². The molecule has 1 aliphatic rings. The van der Waals surface area contributed by atoms with E-state index in [0.717, 1.165) is 53.4 Å². The lowest BCUT2D eigenvalue weighted by Crippen LogP contribution is -2.43. The Hall–Kier alpha value is -4.32. The summed E-state index contributed by atoms with van der Waals surface area (Å²) in [4.78, 5) is 24.1. The van der Waals surface area contributed by atoms with Crippen molar-refractivity contribution in [1.82, 2.24) is 20.1 Å². The largest absolute Gasteiger partial charge is 0.573 e. The van der Waals surface area contributed by atoms with Crippen molar-refractivity contribution in [2.75, 3.05) is 17.2 Å². The van der Waals surface area contributed by atoms with Crippen LogP contribution in [0.15, 0.2) is 78.0 Å². The Morgan fingerprint density at radius 3 is 2.57 bits per heavy atom. The number of rotatable bonds is 10. The highest BCUT2D eigenvalue weighted by Crippen LogP contribution is 2.33. The molecule has 0 saturated carbocycles. The van der Waals surface area contributed by atoms with E-state index in [1.165, 1.54) is 46.4 Å². The summed E-state index contributed by atoms with van der Waals surface area (Å²) in [6, 6.07) is 19.8. The lowest BCUT2D eigenvalue weighted by molar-refractivity contribution is -0.274. The molecule has 0 bridgehead atoms. The van der Waals surface area contributed by atoms with Gasteiger partial charge in [-0.05, 0) is 86.1 Å². The summed E-state index contributed by atoms with van der Waals surface area (Å²) in [5, 5.41) is 8.22. The molecule has 2 amide bonds. The van der Waals surface area contributed by atoms with Crippen LogP contribution in [0.5, 0.6) is 5.75 Å². The first-order chi connectivity index (χ1) is 22.5. The van der Waals surface area contributed by atoms with Crippen LogP contribution in [-0.2, 0) is 12.8 Å². The zero-order valence-corrected chi connectivity index (χ0v) is 27.7. The minimum atomic E-state index is -4.75. The quantitative estimate of drug-likeness (QED) is 0.183. The van der Waals surface area contributed by atoms with E-state index < -0.39 is 6.36 Å². The zero-order chi connectivity index (χ0) is 33.6. The average molecular weight is 665 g/mol. The molecule has 1 saturated heterocycles. The number of aliphatic imine (C=N–C) groups is 1. The summed E-state index contributed by atoms with van der Waals surface area (Å²) in [5.41, 5.74) is 6.07. The zero-order valence-electron chi connectivity index (χ0n) is 26.9. The first kappa shape index (κ1) is 34.0. The van der Waals surface area contributed by atoms with Gasteiger partial charge in [0.2, 0.25) is 0 Å². The highest BCUT2D eigenvalue weighted by atomic mass is 32.2. The number of benzene rings is 3. The standard InChI is InChI=1S/C35H39F3N6O2S/c1-5-6-27-10-7-23(2)20-31(27)44-25(4)17-18-47-34(44)41-33(45)39-21-24(3)19-26-8-11-28(12-9-26)32-40-22-43(42-32)29-13-15-30(16-14-29)46-35(36,37)38/h7-16,20,22,24-25H,5-6,17-19,21H2,1-4H3,(H,39,45). The molecule has 1 aliphatic heterocycles. The third-order valence-corrected chi connectivity index (χ3v) is 8.84. The molecule has 2 unspecified atom stereocenters. The molecule has 0 radical (unpaired) electrons. The number of alkyl halides is 3. The summed E-state index contributed by atoms with van der Waals surface area (Å²) in [7, 11) is 0. The summed E-state index contributed by atoms with van der Waals surface area (Å²) >= 11 is 1.63. The molecule has 1 fully saturated rings. The predicted molar refractivity (Wildman–Crippen MR) is 181 cm³/mol. The Morgan fingerprint density at radius 2 is 1.87 bits per heavy atom. The predicted octanol–water partition coefficient (Wildman–Crippen LogP) is 8.37. The molecule has 1 aromatic heterocycles. The summed E-state index contributed by atoms with van der Waals surface area (Å²) in [5.74, 6) is 1.29. The van der Waals surface area contributed by atoms with Gasteiger partial charge in [-0.3, -0.25) is 0 Å². The second kappa shape index (κ2) is 15.1.